The summed E-state index contributed by atoms with van der Waals surface area (Å²) in [6.45, 7) is 4.24. The van der Waals surface area contributed by atoms with Crippen molar-refractivity contribution in [1.82, 2.24) is 14.9 Å². The number of aromatic nitrogens is 3. The van der Waals surface area contributed by atoms with Crippen molar-refractivity contribution < 1.29 is 0 Å². The Kier molecular flexibility index (Phi) is 6.45. The molecule has 0 atom stereocenters. The monoisotopic (exact) mass is 434 g/mol. The average molecular weight is 435 g/mol. The molecule has 0 amide bonds. The van der Waals surface area contributed by atoms with Crippen molar-refractivity contribution in [3.63, 3.8) is 0 Å². The molecule has 0 bridgehead atoms. The van der Waals surface area contributed by atoms with E-state index in [1.54, 1.807) is 23.1 Å². The Morgan fingerprint density at radius 1 is 1.24 bits per heavy atom. The molecule has 0 fully saturated rings. The van der Waals surface area contributed by atoms with Crippen molar-refractivity contribution in [2.24, 2.45) is 5.10 Å². The molecule has 3 aromatic rings. The summed E-state index contributed by atoms with van der Waals surface area (Å²) < 4.78 is 2.97. The van der Waals surface area contributed by atoms with Crippen LogP contribution >= 0.6 is 39.0 Å². The Balaban J connectivity index is 1.80. The molecule has 0 aliphatic rings. The summed E-state index contributed by atoms with van der Waals surface area (Å²) in [5.41, 5.74) is 2.49. The van der Waals surface area contributed by atoms with E-state index in [2.05, 4.69) is 80.8 Å². The zero-order chi connectivity index (χ0) is 17.6. The highest BCUT2D eigenvalue weighted by Gasteiger charge is 2.12. The zero-order valence-corrected chi connectivity index (χ0v) is 17.4. The molecule has 0 spiro atoms. The number of halogens is 1. The fourth-order valence-corrected chi connectivity index (χ4v) is 4.14. The summed E-state index contributed by atoms with van der Waals surface area (Å²) in [5.74, 6) is 1.75. The predicted molar refractivity (Wildman–Crippen MR) is 110 cm³/mol. The molecule has 0 saturated carbocycles. The van der Waals surface area contributed by atoms with Gasteiger partial charge in [0.25, 0.3) is 0 Å². The second-order valence-electron chi connectivity index (χ2n) is 5.59. The molecule has 0 N–H and O–H groups in total. The SMILES string of the molecule is CCCc1nnc(SCc2ccc(Br)cc2)n1/N=C\c1sccc1C. The van der Waals surface area contributed by atoms with Crippen molar-refractivity contribution >= 4 is 45.2 Å². The number of aryl methyl sites for hydroxylation is 2. The third kappa shape index (κ3) is 4.80. The summed E-state index contributed by atoms with van der Waals surface area (Å²) in [4.78, 5) is 1.17. The normalized spacial score (nSPS) is 11.5. The summed E-state index contributed by atoms with van der Waals surface area (Å²) in [6.07, 6.45) is 3.79. The van der Waals surface area contributed by atoms with Gasteiger partial charge in [-0.25, -0.2) is 0 Å². The van der Waals surface area contributed by atoms with Gasteiger partial charge < -0.3 is 0 Å². The minimum Gasteiger partial charge on any atom is -0.191 e. The number of hydrogen-bond donors (Lipinski definition) is 0. The minimum atomic E-state index is 0.830. The van der Waals surface area contributed by atoms with E-state index < -0.39 is 0 Å². The van der Waals surface area contributed by atoms with Crippen LogP contribution in [-0.4, -0.2) is 21.1 Å². The number of rotatable bonds is 7. The minimum absolute atomic E-state index is 0.830. The third-order valence-electron chi connectivity index (χ3n) is 3.62. The number of hydrogen-bond acceptors (Lipinski definition) is 5. The average Bonchev–Trinajstić information content (AvgIpc) is 3.19. The molecule has 0 aliphatic carbocycles. The van der Waals surface area contributed by atoms with Gasteiger partial charge in [-0.05, 0) is 48.1 Å². The topological polar surface area (TPSA) is 43.1 Å². The van der Waals surface area contributed by atoms with Crippen molar-refractivity contribution in [3.8, 4) is 0 Å². The van der Waals surface area contributed by atoms with Gasteiger partial charge in [-0.3, -0.25) is 0 Å². The van der Waals surface area contributed by atoms with Crippen LogP contribution in [0.25, 0.3) is 0 Å². The molecule has 0 radical (unpaired) electrons. The van der Waals surface area contributed by atoms with Crippen molar-refractivity contribution in [3.05, 3.63) is 62.0 Å². The summed E-state index contributed by atoms with van der Waals surface area (Å²) in [6, 6.07) is 10.4. The Hall–Kier alpha value is -1.44. The molecule has 4 nitrogen and oxygen atoms in total. The highest BCUT2D eigenvalue weighted by Crippen LogP contribution is 2.23. The van der Waals surface area contributed by atoms with Crippen LogP contribution in [0.3, 0.4) is 0 Å². The molecule has 2 heterocycles. The number of nitrogens with zero attached hydrogens (tertiary/aromatic N) is 4. The molecule has 3 rings (SSSR count). The maximum absolute atomic E-state index is 4.66. The van der Waals surface area contributed by atoms with Gasteiger partial charge in [0, 0.05) is 16.6 Å². The Morgan fingerprint density at radius 3 is 2.72 bits per heavy atom. The molecule has 0 saturated heterocycles. The third-order valence-corrected chi connectivity index (χ3v) is 6.10. The van der Waals surface area contributed by atoms with E-state index in [1.807, 2.05) is 10.9 Å². The molecule has 7 heteroatoms. The largest absolute Gasteiger partial charge is 0.212 e. The van der Waals surface area contributed by atoms with Crippen LogP contribution in [0, 0.1) is 6.92 Å². The molecule has 0 unspecified atom stereocenters. The van der Waals surface area contributed by atoms with Gasteiger partial charge in [0.15, 0.2) is 5.82 Å². The first-order valence-electron chi connectivity index (χ1n) is 8.07. The van der Waals surface area contributed by atoms with Crippen molar-refractivity contribution in [1.29, 1.82) is 0 Å². The van der Waals surface area contributed by atoms with Crippen LogP contribution in [0.1, 0.15) is 35.2 Å². The van der Waals surface area contributed by atoms with Crippen molar-refractivity contribution in [2.45, 2.75) is 37.6 Å². The maximum Gasteiger partial charge on any atom is 0.212 e. The van der Waals surface area contributed by atoms with Crippen LogP contribution in [0.5, 0.6) is 0 Å². The highest BCUT2D eigenvalue weighted by molar-refractivity contribution is 9.10. The lowest BCUT2D eigenvalue weighted by Gasteiger charge is -2.04. The van der Waals surface area contributed by atoms with Gasteiger partial charge >= 0.3 is 0 Å². The molecule has 0 aliphatic heterocycles. The first kappa shape index (κ1) is 18.4. The summed E-state index contributed by atoms with van der Waals surface area (Å²) in [7, 11) is 0. The van der Waals surface area contributed by atoms with Crippen LogP contribution in [0.2, 0.25) is 0 Å². The standard InChI is InChI=1S/C18H19BrN4S2/c1-3-4-17-21-22-18(25-12-14-5-7-15(19)8-6-14)23(17)20-11-16-13(2)9-10-24-16/h5-11H,3-4,12H2,1-2H3/b20-11-. The van der Waals surface area contributed by atoms with E-state index in [4.69, 9.17) is 0 Å². The lowest BCUT2D eigenvalue weighted by Crippen LogP contribution is -2.00. The van der Waals surface area contributed by atoms with Gasteiger partial charge in [-0.1, -0.05) is 46.7 Å². The van der Waals surface area contributed by atoms with Gasteiger partial charge in [0.2, 0.25) is 5.16 Å². The number of thiophene rings is 1. The molecule has 2 aromatic heterocycles. The molecule has 130 valence electrons. The van der Waals surface area contributed by atoms with E-state index in [0.29, 0.717) is 0 Å². The Morgan fingerprint density at radius 2 is 2.04 bits per heavy atom. The van der Waals surface area contributed by atoms with Gasteiger partial charge in [0.1, 0.15) is 0 Å². The lowest BCUT2D eigenvalue weighted by molar-refractivity contribution is 0.700. The highest BCUT2D eigenvalue weighted by atomic mass is 79.9. The lowest BCUT2D eigenvalue weighted by atomic mass is 10.2. The quantitative estimate of drug-likeness (QED) is 0.362. The first-order chi connectivity index (χ1) is 12.2. The first-order valence-corrected chi connectivity index (χ1v) is 10.7. The molecular weight excluding hydrogens is 416 g/mol. The fraction of sp³-hybridized carbons (Fsp3) is 0.278. The summed E-state index contributed by atoms with van der Waals surface area (Å²) >= 11 is 6.82. The molecule has 1 aromatic carbocycles. The number of benzene rings is 1. The van der Waals surface area contributed by atoms with Crippen molar-refractivity contribution in [2.75, 3.05) is 0 Å². The van der Waals surface area contributed by atoms with E-state index in [0.717, 1.165) is 34.0 Å². The predicted octanol–water partition coefficient (Wildman–Crippen LogP) is 5.54. The van der Waals surface area contributed by atoms with E-state index in [1.165, 1.54) is 16.0 Å². The summed E-state index contributed by atoms with van der Waals surface area (Å²) in [5, 5.41) is 16.3. The van der Waals surface area contributed by atoms with Crippen LogP contribution < -0.4 is 0 Å². The van der Waals surface area contributed by atoms with Gasteiger partial charge in [-0.15, -0.1) is 21.5 Å². The van der Waals surface area contributed by atoms with E-state index in [-0.39, 0.29) is 0 Å². The molecule has 25 heavy (non-hydrogen) atoms. The smallest absolute Gasteiger partial charge is 0.191 e. The second-order valence-corrected chi connectivity index (χ2v) is 8.39. The Bertz CT molecular complexity index is 852. The maximum atomic E-state index is 4.66. The van der Waals surface area contributed by atoms with Crippen LogP contribution in [0.4, 0.5) is 0 Å². The van der Waals surface area contributed by atoms with Crippen LogP contribution in [0.15, 0.2) is 50.4 Å². The van der Waals surface area contributed by atoms with E-state index >= 15 is 0 Å². The van der Waals surface area contributed by atoms with E-state index in [9.17, 15) is 0 Å². The molecular formula is C18H19BrN4S2. The number of thioether (sulfide) groups is 1. The van der Waals surface area contributed by atoms with Gasteiger partial charge in [0.05, 0.1) is 11.1 Å². The second kappa shape index (κ2) is 8.78. The zero-order valence-electron chi connectivity index (χ0n) is 14.1. The fourth-order valence-electron chi connectivity index (χ4n) is 2.24. The van der Waals surface area contributed by atoms with Crippen LogP contribution in [-0.2, 0) is 12.2 Å². The van der Waals surface area contributed by atoms with Gasteiger partial charge in [-0.2, -0.15) is 9.78 Å². The Labute approximate surface area is 164 Å².